The van der Waals surface area contributed by atoms with Crippen LogP contribution in [0.1, 0.15) is 31.4 Å². The van der Waals surface area contributed by atoms with Crippen LogP contribution in [0, 0.1) is 17.6 Å². The molecule has 0 radical (unpaired) electrons. The second-order valence-electron chi connectivity index (χ2n) is 4.85. The Labute approximate surface area is 115 Å². The Morgan fingerprint density at radius 3 is 2.70 bits per heavy atom. The van der Waals surface area contributed by atoms with Gasteiger partial charge in [0.25, 0.3) is 0 Å². The maximum atomic E-state index is 13.9. The van der Waals surface area contributed by atoms with Crippen LogP contribution in [0.3, 0.4) is 0 Å². The molecule has 1 aliphatic rings. The van der Waals surface area contributed by atoms with Gasteiger partial charge in [-0.1, -0.05) is 13.0 Å². The van der Waals surface area contributed by atoms with Gasteiger partial charge in [0.15, 0.2) is 0 Å². The van der Waals surface area contributed by atoms with Crippen molar-refractivity contribution in [1.29, 1.82) is 0 Å². The summed E-state index contributed by atoms with van der Waals surface area (Å²) in [6, 6.07) is 2.12. The molecule has 1 N–H and O–H groups in total. The summed E-state index contributed by atoms with van der Waals surface area (Å²) < 4.78 is 26.9. The molecule has 1 aromatic carbocycles. The molecule has 1 amide bonds. The topological polar surface area (TPSA) is 57.6 Å². The fourth-order valence-electron chi connectivity index (χ4n) is 2.64. The molecule has 0 aliphatic carbocycles. The molecule has 0 saturated carbocycles. The number of carbonyl (C=O) groups excluding carboxylic acids is 1. The maximum Gasteiger partial charge on any atom is 0.309 e. The van der Waals surface area contributed by atoms with Crippen LogP contribution in [-0.4, -0.2) is 28.4 Å². The monoisotopic (exact) mass is 283 g/mol. The van der Waals surface area contributed by atoms with Crippen LogP contribution in [0.5, 0.6) is 0 Å². The number of carboxylic acids is 1. The third-order valence-corrected chi connectivity index (χ3v) is 3.49. The quantitative estimate of drug-likeness (QED) is 0.922. The number of aliphatic carboxylic acids is 1. The molecule has 1 heterocycles. The van der Waals surface area contributed by atoms with E-state index in [-0.39, 0.29) is 17.9 Å². The van der Waals surface area contributed by atoms with Crippen molar-refractivity contribution in [2.75, 3.05) is 6.54 Å². The summed E-state index contributed by atoms with van der Waals surface area (Å²) in [5.41, 5.74) is 0.0538. The standard InChI is InChI=1S/C14H15F2NO3/c1-2-5-17-12(18)7-10(14(19)20)13(17)9-4-3-8(15)6-11(9)16/h3-4,6,10,13H,2,5,7H2,1H3,(H,19,20). The number of nitrogens with zero attached hydrogens (tertiary/aromatic N) is 1. The first kappa shape index (κ1) is 14.4. The Morgan fingerprint density at radius 2 is 2.15 bits per heavy atom. The number of benzene rings is 1. The molecular formula is C14H15F2NO3. The van der Waals surface area contributed by atoms with Gasteiger partial charge in [0.05, 0.1) is 12.0 Å². The molecule has 0 spiro atoms. The third kappa shape index (κ3) is 2.50. The molecule has 108 valence electrons. The minimum Gasteiger partial charge on any atom is -0.481 e. The lowest BCUT2D eigenvalue weighted by Crippen LogP contribution is -2.31. The van der Waals surface area contributed by atoms with E-state index in [0.29, 0.717) is 19.0 Å². The molecule has 6 heteroatoms. The minimum absolute atomic E-state index is 0.0538. The molecular weight excluding hydrogens is 268 g/mol. The minimum atomic E-state index is -1.15. The Hall–Kier alpha value is -1.98. The normalized spacial score (nSPS) is 22.4. The average Bonchev–Trinajstić information content (AvgIpc) is 2.68. The van der Waals surface area contributed by atoms with E-state index in [4.69, 9.17) is 0 Å². The van der Waals surface area contributed by atoms with E-state index in [1.54, 1.807) is 0 Å². The van der Waals surface area contributed by atoms with Crippen molar-refractivity contribution in [2.45, 2.75) is 25.8 Å². The van der Waals surface area contributed by atoms with Crippen molar-refractivity contribution in [3.8, 4) is 0 Å². The maximum absolute atomic E-state index is 13.9. The lowest BCUT2D eigenvalue weighted by Gasteiger charge is -2.27. The first-order chi connectivity index (χ1) is 9.45. The Morgan fingerprint density at radius 1 is 1.45 bits per heavy atom. The number of halogens is 2. The van der Waals surface area contributed by atoms with Crippen LogP contribution in [0.2, 0.25) is 0 Å². The summed E-state index contributed by atoms with van der Waals surface area (Å²) >= 11 is 0. The molecule has 2 atom stereocenters. The van der Waals surface area contributed by atoms with E-state index in [9.17, 15) is 23.5 Å². The van der Waals surface area contributed by atoms with E-state index in [1.165, 1.54) is 11.0 Å². The number of rotatable bonds is 4. The summed E-state index contributed by atoms with van der Waals surface area (Å²) in [5.74, 6) is -4.02. The first-order valence-electron chi connectivity index (χ1n) is 6.43. The summed E-state index contributed by atoms with van der Waals surface area (Å²) in [4.78, 5) is 24.6. The number of carboxylic acid groups (broad SMARTS) is 1. The largest absolute Gasteiger partial charge is 0.481 e. The third-order valence-electron chi connectivity index (χ3n) is 3.49. The molecule has 4 nitrogen and oxygen atoms in total. The Kier molecular flexibility index (Phi) is 4.01. The fraction of sp³-hybridized carbons (Fsp3) is 0.429. The lowest BCUT2D eigenvalue weighted by atomic mass is 9.93. The summed E-state index contributed by atoms with van der Waals surface area (Å²) in [6.45, 7) is 2.20. The van der Waals surface area contributed by atoms with Crippen LogP contribution in [0.15, 0.2) is 18.2 Å². The van der Waals surface area contributed by atoms with Gasteiger partial charge < -0.3 is 10.0 Å². The molecule has 1 aromatic rings. The van der Waals surface area contributed by atoms with Crippen LogP contribution < -0.4 is 0 Å². The molecule has 0 bridgehead atoms. The number of carbonyl (C=O) groups is 2. The second-order valence-corrected chi connectivity index (χ2v) is 4.85. The summed E-state index contributed by atoms with van der Waals surface area (Å²) in [6.07, 6.45) is 0.480. The number of likely N-dealkylation sites (tertiary alicyclic amines) is 1. The van der Waals surface area contributed by atoms with Crippen molar-refractivity contribution in [3.63, 3.8) is 0 Å². The van der Waals surface area contributed by atoms with Gasteiger partial charge in [0.2, 0.25) is 5.91 Å². The van der Waals surface area contributed by atoms with Gasteiger partial charge in [-0.05, 0) is 12.5 Å². The van der Waals surface area contributed by atoms with Gasteiger partial charge in [-0.25, -0.2) is 8.78 Å². The molecule has 0 aromatic heterocycles. The van der Waals surface area contributed by atoms with Gasteiger partial charge in [-0.15, -0.1) is 0 Å². The number of hydrogen-bond donors (Lipinski definition) is 1. The summed E-state index contributed by atoms with van der Waals surface area (Å²) in [5, 5.41) is 9.22. The molecule has 20 heavy (non-hydrogen) atoms. The van der Waals surface area contributed by atoms with Crippen molar-refractivity contribution in [1.82, 2.24) is 4.90 Å². The van der Waals surface area contributed by atoms with E-state index in [0.717, 1.165) is 6.07 Å². The second kappa shape index (κ2) is 5.56. The summed E-state index contributed by atoms with van der Waals surface area (Å²) in [7, 11) is 0. The zero-order valence-electron chi connectivity index (χ0n) is 11.0. The highest BCUT2D eigenvalue weighted by Crippen LogP contribution is 2.39. The van der Waals surface area contributed by atoms with Crippen LogP contribution in [0.4, 0.5) is 8.78 Å². The number of amides is 1. The van der Waals surface area contributed by atoms with Gasteiger partial charge in [0.1, 0.15) is 11.6 Å². The van der Waals surface area contributed by atoms with Gasteiger partial charge >= 0.3 is 5.97 Å². The van der Waals surface area contributed by atoms with Gasteiger partial charge in [0, 0.05) is 24.6 Å². The predicted octanol–water partition coefficient (Wildman–Crippen LogP) is 2.35. The molecule has 1 fully saturated rings. The average molecular weight is 283 g/mol. The zero-order chi connectivity index (χ0) is 14.9. The van der Waals surface area contributed by atoms with Crippen LogP contribution >= 0.6 is 0 Å². The highest BCUT2D eigenvalue weighted by molar-refractivity contribution is 5.87. The molecule has 1 saturated heterocycles. The SMILES string of the molecule is CCCN1C(=O)CC(C(=O)O)C1c1ccc(F)cc1F. The fourth-order valence-corrected chi connectivity index (χ4v) is 2.64. The molecule has 2 unspecified atom stereocenters. The molecule has 1 aliphatic heterocycles. The number of hydrogen-bond acceptors (Lipinski definition) is 2. The highest BCUT2D eigenvalue weighted by Gasteiger charge is 2.45. The van der Waals surface area contributed by atoms with Crippen molar-refractivity contribution in [2.24, 2.45) is 5.92 Å². The molecule has 2 rings (SSSR count). The van der Waals surface area contributed by atoms with Crippen LogP contribution in [0.25, 0.3) is 0 Å². The predicted molar refractivity (Wildman–Crippen MR) is 66.8 cm³/mol. The van der Waals surface area contributed by atoms with Crippen molar-refractivity contribution in [3.05, 3.63) is 35.4 Å². The van der Waals surface area contributed by atoms with Crippen LogP contribution in [-0.2, 0) is 9.59 Å². The van der Waals surface area contributed by atoms with E-state index < -0.39 is 29.6 Å². The lowest BCUT2D eigenvalue weighted by molar-refractivity contribution is -0.142. The van der Waals surface area contributed by atoms with E-state index >= 15 is 0 Å². The van der Waals surface area contributed by atoms with Gasteiger partial charge in [-0.2, -0.15) is 0 Å². The zero-order valence-corrected chi connectivity index (χ0v) is 11.0. The van der Waals surface area contributed by atoms with E-state index in [1.807, 2.05) is 6.92 Å². The Bertz CT molecular complexity index is 547. The van der Waals surface area contributed by atoms with E-state index in [2.05, 4.69) is 0 Å². The highest BCUT2D eigenvalue weighted by atomic mass is 19.1. The van der Waals surface area contributed by atoms with Crippen molar-refractivity contribution >= 4 is 11.9 Å². The van der Waals surface area contributed by atoms with Gasteiger partial charge in [-0.3, -0.25) is 9.59 Å². The van der Waals surface area contributed by atoms with Crippen molar-refractivity contribution < 1.29 is 23.5 Å². The smallest absolute Gasteiger partial charge is 0.309 e. The first-order valence-corrected chi connectivity index (χ1v) is 6.43. The Balaban J connectivity index is 2.46.